The first-order valence-electron chi connectivity index (χ1n) is 8.81. The number of aromatic nitrogens is 2. The maximum Gasteiger partial charge on any atom is 0.220 e. The summed E-state index contributed by atoms with van der Waals surface area (Å²) in [5, 5.41) is 0. The van der Waals surface area contributed by atoms with Crippen LogP contribution >= 0.6 is 0 Å². The van der Waals surface area contributed by atoms with E-state index in [9.17, 15) is 0 Å². The molecule has 2 fully saturated rings. The van der Waals surface area contributed by atoms with Crippen LogP contribution < -0.4 is 5.73 Å². The predicted molar refractivity (Wildman–Crippen MR) is 87.0 cm³/mol. The van der Waals surface area contributed by atoms with Crippen LogP contribution in [-0.2, 0) is 21.5 Å². The molecular weight excluding hydrogens is 292 g/mol. The third-order valence-electron chi connectivity index (χ3n) is 5.50. The lowest BCUT2D eigenvalue weighted by Gasteiger charge is -2.44. The minimum Gasteiger partial charge on any atom is -0.381 e. The van der Waals surface area contributed by atoms with Gasteiger partial charge in [0.05, 0.1) is 18.9 Å². The van der Waals surface area contributed by atoms with Crippen molar-refractivity contribution in [3.63, 3.8) is 0 Å². The van der Waals surface area contributed by atoms with E-state index >= 15 is 0 Å². The summed E-state index contributed by atoms with van der Waals surface area (Å²) >= 11 is 0. The SMILES string of the molecule is Nc1ncc2c(n1)C1(CCN(CC3CCCOC3)CC1)OCC2. The van der Waals surface area contributed by atoms with Gasteiger partial charge in [-0.05, 0) is 43.6 Å². The quantitative estimate of drug-likeness (QED) is 0.887. The van der Waals surface area contributed by atoms with Gasteiger partial charge in [-0.25, -0.2) is 9.97 Å². The summed E-state index contributed by atoms with van der Waals surface area (Å²) in [6.45, 7) is 5.88. The van der Waals surface area contributed by atoms with E-state index in [2.05, 4.69) is 14.9 Å². The first kappa shape index (κ1) is 15.3. The second-order valence-electron chi connectivity index (χ2n) is 7.08. The highest BCUT2D eigenvalue weighted by atomic mass is 16.5. The molecule has 6 heteroatoms. The van der Waals surface area contributed by atoms with Gasteiger partial charge < -0.3 is 20.1 Å². The van der Waals surface area contributed by atoms with Crippen LogP contribution in [0, 0.1) is 5.92 Å². The number of hydrogen-bond acceptors (Lipinski definition) is 6. The van der Waals surface area contributed by atoms with Crippen LogP contribution in [0.5, 0.6) is 0 Å². The van der Waals surface area contributed by atoms with Gasteiger partial charge in [0.1, 0.15) is 5.60 Å². The zero-order valence-corrected chi connectivity index (χ0v) is 13.7. The molecule has 126 valence electrons. The third-order valence-corrected chi connectivity index (χ3v) is 5.50. The van der Waals surface area contributed by atoms with Crippen LogP contribution in [0.15, 0.2) is 6.20 Å². The van der Waals surface area contributed by atoms with E-state index in [-0.39, 0.29) is 5.60 Å². The Morgan fingerprint density at radius 1 is 1.30 bits per heavy atom. The number of fused-ring (bicyclic) bond motifs is 2. The summed E-state index contributed by atoms with van der Waals surface area (Å²) in [6, 6.07) is 0. The molecule has 3 aliphatic rings. The monoisotopic (exact) mass is 318 g/mol. The fourth-order valence-electron chi connectivity index (χ4n) is 4.22. The molecule has 0 bridgehead atoms. The van der Waals surface area contributed by atoms with Gasteiger partial charge in [-0.2, -0.15) is 0 Å². The summed E-state index contributed by atoms with van der Waals surface area (Å²) in [5.41, 5.74) is 7.82. The summed E-state index contributed by atoms with van der Waals surface area (Å²) < 4.78 is 11.8. The second-order valence-corrected chi connectivity index (χ2v) is 7.08. The van der Waals surface area contributed by atoms with Gasteiger partial charge in [-0.15, -0.1) is 0 Å². The number of hydrogen-bond donors (Lipinski definition) is 1. The van der Waals surface area contributed by atoms with Crippen molar-refractivity contribution >= 4 is 5.95 Å². The number of rotatable bonds is 2. The van der Waals surface area contributed by atoms with E-state index in [1.165, 1.54) is 18.4 Å². The van der Waals surface area contributed by atoms with Gasteiger partial charge >= 0.3 is 0 Å². The fourth-order valence-corrected chi connectivity index (χ4v) is 4.22. The van der Waals surface area contributed by atoms with Gasteiger partial charge in [0, 0.05) is 32.4 Å². The van der Waals surface area contributed by atoms with Crippen molar-refractivity contribution in [2.24, 2.45) is 5.92 Å². The standard InChI is InChI=1S/C17H26N4O2/c18-16-19-10-14-3-9-23-17(15(14)20-16)4-6-21(7-5-17)11-13-2-1-8-22-12-13/h10,13H,1-9,11-12H2,(H2,18,19,20). The smallest absolute Gasteiger partial charge is 0.220 e. The van der Waals surface area contributed by atoms with Crippen molar-refractivity contribution in [3.05, 3.63) is 17.5 Å². The molecule has 1 aromatic rings. The molecule has 0 saturated carbocycles. The van der Waals surface area contributed by atoms with E-state index < -0.39 is 0 Å². The molecule has 0 amide bonds. The average Bonchev–Trinajstić information content (AvgIpc) is 2.59. The summed E-state index contributed by atoms with van der Waals surface area (Å²) in [6.07, 6.45) is 7.25. The van der Waals surface area contributed by atoms with Crippen molar-refractivity contribution in [2.75, 3.05) is 45.2 Å². The highest BCUT2D eigenvalue weighted by Gasteiger charge is 2.42. The molecule has 0 aliphatic carbocycles. The number of nitrogens with zero attached hydrogens (tertiary/aromatic N) is 3. The van der Waals surface area contributed by atoms with Gasteiger partial charge in [0.2, 0.25) is 5.95 Å². The van der Waals surface area contributed by atoms with Crippen LogP contribution in [0.4, 0.5) is 5.95 Å². The minimum absolute atomic E-state index is 0.246. The molecule has 1 spiro atoms. The van der Waals surface area contributed by atoms with Crippen molar-refractivity contribution in [1.29, 1.82) is 0 Å². The highest BCUT2D eigenvalue weighted by molar-refractivity contribution is 5.32. The first-order valence-corrected chi connectivity index (χ1v) is 8.81. The normalized spacial score (nSPS) is 27.7. The number of nitrogens with two attached hydrogens (primary N) is 1. The predicted octanol–water partition coefficient (Wildman–Crippen LogP) is 1.35. The molecule has 2 saturated heterocycles. The lowest BCUT2D eigenvalue weighted by Crippen LogP contribution is -2.48. The van der Waals surface area contributed by atoms with E-state index in [0.717, 1.165) is 64.4 Å². The van der Waals surface area contributed by atoms with Gasteiger partial charge in [0.15, 0.2) is 0 Å². The molecule has 0 radical (unpaired) electrons. The molecule has 2 N–H and O–H groups in total. The van der Waals surface area contributed by atoms with Crippen molar-refractivity contribution in [2.45, 2.75) is 37.7 Å². The Bertz CT molecular complexity index is 552. The maximum atomic E-state index is 6.23. The number of likely N-dealkylation sites (tertiary alicyclic amines) is 1. The largest absolute Gasteiger partial charge is 0.381 e. The number of anilines is 1. The molecule has 1 aromatic heterocycles. The van der Waals surface area contributed by atoms with Crippen molar-refractivity contribution < 1.29 is 9.47 Å². The molecule has 4 rings (SSSR count). The number of nitrogen functional groups attached to an aromatic ring is 1. The average molecular weight is 318 g/mol. The summed E-state index contributed by atoms with van der Waals surface area (Å²) in [4.78, 5) is 11.2. The molecule has 1 unspecified atom stereocenters. The fraction of sp³-hybridized carbons (Fsp3) is 0.765. The minimum atomic E-state index is -0.246. The van der Waals surface area contributed by atoms with Crippen LogP contribution in [0.3, 0.4) is 0 Å². The molecule has 1 atom stereocenters. The lowest BCUT2D eigenvalue weighted by molar-refractivity contribution is -0.104. The third kappa shape index (κ3) is 3.07. The molecule has 4 heterocycles. The van der Waals surface area contributed by atoms with Crippen molar-refractivity contribution in [1.82, 2.24) is 14.9 Å². The molecular formula is C17H26N4O2. The van der Waals surface area contributed by atoms with E-state index in [4.69, 9.17) is 15.2 Å². The summed E-state index contributed by atoms with van der Waals surface area (Å²) in [5.74, 6) is 1.05. The lowest BCUT2D eigenvalue weighted by atomic mass is 9.83. The molecule has 3 aliphatic heterocycles. The Balaban J connectivity index is 1.44. The van der Waals surface area contributed by atoms with E-state index in [0.29, 0.717) is 11.9 Å². The van der Waals surface area contributed by atoms with Gasteiger partial charge in [-0.3, -0.25) is 0 Å². The van der Waals surface area contributed by atoms with Crippen molar-refractivity contribution in [3.8, 4) is 0 Å². The topological polar surface area (TPSA) is 73.5 Å². The highest BCUT2D eigenvalue weighted by Crippen LogP contribution is 2.40. The molecule has 23 heavy (non-hydrogen) atoms. The van der Waals surface area contributed by atoms with E-state index in [1.54, 1.807) is 0 Å². The molecule has 0 aromatic carbocycles. The Kier molecular flexibility index (Phi) is 4.22. The van der Waals surface area contributed by atoms with Gasteiger partial charge in [0.25, 0.3) is 0 Å². The Hall–Kier alpha value is -1.24. The van der Waals surface area contributed by atoms with Crippen LogP contribution in [0.2, 0.25) is 0 Å². The number of piperidine rings is 1. The van der Waals surface area contributed by atoms with Crippen LogP contribution in [-0.4, -0.2) is 54.3 Å². The van der Waals surface area contributed by atoms with E-state index in [1.807, 2.05) is 6.20 Å². The Labute approximate surface area is 137 Å². The maximum absolute atomic E-state index is 6.23. The molecule has 6 nitrogen and oxygen atoms in total. The van der Waals surface area contributed by atoms with Gasteiger partial charge in [-0.1, -0.05) is 0 Å². The zero-order chi connectivity index (χ0) is 15.7. The second kappa shape index (κ2) is 6.34. The Morgan fingerprint density at radius 3 is 2.96 bits per heavy atom. The van der Waals surface area contributed by atoms with Crippen LogP contribution in [0.25, 0.3) is 0 Å². The Morgan fingerprint density at radius 2 is 2.17 bits per heavy atom. The zero-order valence-electron chi connectivity index (χ0n) is 13.7. The number of ether oxygens (including phenoxy) is 2. The first-order chi connectivity index (χ1) is 11.3. The summed E-state index contributed by atoms with van der Waals surface area (Å²) in [7, 11) is 0. The van der Waals surface area contributed by atoms with Crippen LogP contribution in [0.1, 0.15) is 36.9 Å².